The molecule has 5 heteroatoms. The molecule has 1 rings (SSSR count). The van der Waals surface area contributed by atoms with Crippen molar-refractivity contribution in [2.24, 2.45) is 0 Å². The third-order valence-corrected chi connectivity index (χ3v) is 2.27. The Balaban J connectivity index is 2.49. The van der Waals surface area contributed by atoms with E-state index in [1.807, 2.05) is 0 Å². The molecule has 1 aromatic rings. The predicted octanol–water partition coefficient (Wildman–Crippen LogP) is -0.198. The lowest BCUT2D eigenvalue weighted by molar-refractivity contribution is 0.135. The van der Waals surface area contributed by atoms with Gasteiger partial charge in [-0.2, -0.15) is 0 Å². The summed E-state index contributed by atoms with van der Waals surface area (Å²) in [6.07, 6.45) is -0.865. The van der Waals surface area contributed by atoms with Gasteiger partial charge in [0.1, 0.15) is 5.82 Å². The van der Waals surface area contributed by atoms with E-state index >= 15 is 0 Å². The second-order valence-corrected chi connectivity index (χ2v) is 3.54. The molecule has 0 fully saturated rings. The van der Waals surface area contributed by atoms with Crippen molar-refractivity contribution in [1.82, 2.24) is 5.32 Å². The van der Waals surface area contributed by atoms with Gasteiger partial charge in [0.05, 0.1) is 25.4 Å². The van der Waals surface area contributed by atoms with Crippen molar-refractivity contribution in [2.75, 3.05) is 19.8 Å². The SMILES string of the molecule is OCC(CO)NCC(O)c1cccc(F)c1. The number of hydrogen-bond acceptors (Lipinski definition) is 4. The van der Waals surface area contributed by atoms with Crippen LogP contribution in [0.1, 0.15) is 11.7 Å². The summed E-state index contributed by atoms with van der Waals surface area (Å²) in [5.74, 6) is -0.405. The van der Waals surface area contributed by atoms with Crippen LogP contribution in [0.15, 0.2) is 24.3 Å². The molecule has 0 aliphatic rings. The summed E-state index contributed by atoms with van der Waals surface area (Å²) in [4.78, 5) is 0. The molecule has 1 aromatic carbocycles. The van der Waals surface area contributed by atoms with Crippen molar-refractivity contribution >= 4 is 0 Å². The minimum absolute atomic E-state index is 0.148. The van der Waals surface area contributed by atoms with E-state index in [0.29, 0.717) is 5.56 Å². The Kier molecular flexibility index (Phi) is 5.34. The Morgan fingerprint density at radius 3 is 2.50 bits per heavy atom. The molecular weight excluding hydrogens is 213 g/mol. The van der Waals surface area contributed by atoms with Crippen LogP contribution in [0.2, 0.25) is 0 Å². The predicted molar refractivity (Wildman–Crippen MR) is 57.3 cm³/mol. The highest BCUT2D eigenvalue weighted by Gasteiger charge is 2.11. The van der Waals surface area contributed by atoms with Crippen molar-refractivity contribution in [2.45, 2.75) is 12.1 Å². The van der Waals surface area contributed by atoms with Gasteiger partial charge in [0.15, 0.2) is 0 Å². The fourth-order valence-electron chi connectivity index (χ4n) is 1.30. The van der Waals surface area contributed by atoms with Gasteiger partial charge in [-0.05, 0) is 17.7 Å². The lowest BCUT2D eigenvalue weighted by atomic mass is 10.1. The standard InChI is InChI=1S/C11H16FNO3/c12-9-3-1-2-8(4-9)11(16)5-13-10(6-14)7-15/h1-4,10-11,13-16H,5-7H2. The number of halogens is 1. The fourth-order valence-corrected chi connectivity index (χ4v) is 1.30. The van der Waals surface area contributed by atoms with E-state index in [4.69, 9.17) is 10.2 Å². The molecule has 1 atom stereocenters. The maximum Gasteiger partial charge on any atom is 0.123 e. The van der Waals surface area contributed by atoms with Crippen LogP contribution in [0.25, 0.3) is 0 Å². The first-order chi connectivity index (χ1) is 7.67. The molecule has 0 aromatic heterocycles. The number of benzene rings is 1. The molecule has 0 aliphatic heterocycles. The van der Waals surface area contributed by atoms with Gasteiger partial charge in [-0.15, -0.1) is 0 Å². The largest absolute Gasteiger partial charge is 0.395 e. The highest BCUT2D eigenvalue weighted by Crippen LogP contribution is 2.12. The second kappa shape index (κ2) is 6.55. The van der Waals surface area contributed by atoms with E-state index in [-0.39, 0.29) is 19.8 Å². The first-order valence-corrected chi connectivity index (χ1v) is 5.06. The van der Waals surface area contributed by atoms with Crippen molar-refractivity contribution in [3.8, 4) is 0 Å². The van der Waals surface area contributed by atoms with Crippen LogP contribution in [-0.2, 0) is 0 Å². The highest BCUT2D eigenvalue weighted by molar-refractivity contribution is 5.18. The Morgan fingerprint density at radius 1 is 1.25 bits per heavy atom. The lowest BCUT2D eigenvalue weighted by Crippen LogP contribution is -2.38. The number of hydrogen-bond donors (Lipinski definition) is 4. The molecule has 0 saturated heterocycles. The zero-order chi connectivity index (χ0) is 12.0. The first kappa shape index (κ1) is 13.1. The van der Waals surface area contributed by atoms with Crippen molar-refractivity contribution in [3.63, 3.8) is 0 Å². The second-order valence-electron chi connectivity index (χ2n) is 3.54. The number of rotatable bonds is 6. The van der Waals surface area contributed by atoms with Gasteiger partial charge in [-0.3, -0.25) is 0 Å². The van der Waals surface area contributed by atoms with Gasteiger partial charge >= 0.3 is 0 Å². The van der Waals surface area contributed by atoms with Gasteiger partial charge in [-0.25, -0.2) is 4.39 Å². The minimum atomic E-state index is -0.865. The molecule has 0 heterocycles. The molecule has 4 N–H and O–H groups in total. The fraction of sp³-hybridized carbons (Fsp3) is 0.455. The van der Waals surface area contributed by atoms with E-state index in [1.54, 1.807) is 6.07 Å². The average molecular weight is 229 g/mol. The van der Waals surface area contributed by atoms with Crippen LogP contribution in [0, 0.1) is 5.82 Å². The maximum absolute atomic E-state index is 12.8. The van der Waals surface area contributed by atoms with Gasteiger partial charge in [0.2, 0.25) is 0 Å². The summed E-state index contributed by atoms with van der Waals surface area (Å²) in [5, 5.41) is 30.0. The molecule has 4 nitrogen and oxygen atoms in total. The molecule has 0 aliphatic carbocycles. The molecule has 90 valence electrons. The molecule has 0 spiro atoms. The third-order valence-electron chi connectivity index (χ3n) is 2.27. The Hall–Kier alpha value is -1.01. The van der Waals surface area contributed by atoms with Gasteiger partial charge in [0, 0.05) is 6.54 Å². The normalized spacial score (nSPS) is 13.1. The zero-order valence-corrected chi connectivity index (χ0v) is 8.81. The van der Waals surface area contributed by atoms with Crippen LogP contribution in [0.4, 0.5) is 4.39 Å². The number of aliphatic hydroxyl groups is 3. The third kappa shape index (κ3) is 3.86. The van der Waals surface area contributed by atoms with E-state index in [9.17, 15) is 9.50 Å². The van der Waals surface area contributed by atoms with E-state index in [1.165, 1.54) is 18.2 Å². The summed E-state index contributed by atoms with van der Waals surface area (Å²) in [7, 11) is 0. The van der Waals surface area contributed by atoms with E-state index in [2.05, 4.69) is 5.32 Å². The minimum Gasteiger partial charge on any atom is -0.395 e. The van der Waals surface area contributed by atoms with Crippen LogP contribution >= 0.6 is 0 Å². The summed E-state index contributed by atoms with van der Waals surface area (Å²) in [6.45, 7) is -0.284. The van der Waals surface area contributed by atoms with Crippen LogP contribution in [-0.4, -0.2) is 41.1 Å². The number of nitrogens with one attached hydrogen (secondary N) is 1. The highest BCUT2D eigenvalue weighted by atomic mass is 19.1. The quantitative estimate of drug-likeness (QED) is 0.545. The van der Waals surface area contributed by atoms with E-state index < -0.39 is 18.0 Å². The van der Waals surface area contributed by atoms with Crippen molar-refractivity contribution < 1.29 is 19.7 Å². The summed E-state index contributed by atoms with van der Waals surface area (Å²) >= 11 is 0. The molecule has 1 unspecified atom stereocenters. The van der Waals surface area contributed by atoms with Crippen LogP contribution in [0.5, 0.6) is 0 Å². The summed E-state index contributed by atoms with van der Waals surface area (Å²) in [5.41, 5.74) is 0.460. The maximum atomic E-state index is 12.8. The average Bonchev–Trinajstić information content (AvgIpc) is 2.30. The molecule has 0 bridgehead atoms. The smallest absolute Gasteiger partial charge is 0.123 e. The first-order valence-electron chi connectivity index (χ1n) is 5.06. The van der Waals surface area contributed by atoms with Gasteiger partial charge < -0.3 is 20.6 Å². The number of aliphatic hydroxyl groups excluding tert-OH is 3. The Morgan fingerprint density at radius 2 is 1.94 bits per heavy atom. The molecule has 0 saturated carbocycles. The lowest BCUT2D eigenvalue weighted by Gasteiger charge is -2.17. The molecule has 0 radical (unpaired) electrons. The molecule has 16 heavy (non-hydrogen) atoms. The Labute approximate surface area is 93.4 Å². The van der Waals surface area contributed by atoms with Gasteiger partial charge in [-0.1, -0.05) is 12.1 Å². The van der Waals surface area contributed by atoms with Crippen LogP contribution < -0.4 is 5.32 Å². The van der Waals surface area contributed by atoms with E-state index in [0.717, 1.165) is 0 Å². The molecule has 0 amide bonds. The van der Waals surface area contributed by atoms with Crippen LogP contribution in [0.3, 0.4) is 0 Å². The summed E-state index contributed by atoms with van der Waals surface area (Å²) in [6, 6.07) is 5.21. The van der Waals surface area contributed by atoms with Gasteiger partial charge in [0.25, 0.3) is 0 Å². The van der Waals surface area contributed by atoms with Crippen molar-refractivity contribution in [3.05, 3.63) is 35.6 Å². The van der Waals surface area contributed by atoms with Crippen molar-refractivity contribution in [1.29, 1.82) is 0 Å². The summed E-state index contributed by atoms with van der Waals surface area (Å²) < 4.78 is 12.8. The molecular formula is C11H16FNO3. The monoisotopic (exact) mass is 229 g/mol. The topological polar surface area (TPSA) is 72.7 Å². The Bertz CT molecular complexity index is 318. The zero-order valence-electron chi connectivity index (χ0n) is 8.81.